The maximum absolute atomic E-state index is 12.7. The molecule has 4 aromatic rings. The maximum atomic E-state index is 12.7. The summed E-state index contributed by atoms with van der Waals surface area (Å²) in [5, 5.41) is 9.11. The molecule has 1 fully saturated rings. The van der Waals surface area contributed by atoms with Crippen LogP contribution in [-0.4, -0.2) is 46.3 Å². The first-order valence-corrected chi connectivity index (χ1v) is 9.26. The molecular formula is C21H19N5O2. The predicted octanol–water partition coefficient (Wildman–Crippen LogP) is 2.61. The Kier molecular flexibility index (Phi) is 4.14. The van der Waals surface area contributed by atoms with E-state index in [2.05, 4.69) is 20.2 Å². The molecule has 140 valence electrons. The lowest BCUT2D eigenvalue weighted by Crippen LogP contribution is -2.37. The number of aromatic nitrogens is 4. The first kappa shape index (κ1) is 16.7. The van der Waals surface area contributed by atoms with Gasteiger partial charge in [-0.25, -0.2) is 4.68 Å². The third kappa shape index (κ3) is 3.05. The average molecular weight is 373 g/mol. The van der Waals surface area contributed by atoms with E-state index in [1.807, 2.05) is 54.7 Å². The fourth-order valence-electron chi connectivity index (χ4n) is 3.47. The van der Waals surface area contributed by atoms with Gasteiger partial charge in [0, 0.05) is 30.1 Å². The molecule has 0 amide bonds. The lowest BCUT2D eigenvalue weighted by molar-refractivity contribution is 0.122. The monoisotopic (exact) mass is 373 g/mol. The normalized spacial score (nSPS) is 14.5. The van der Waals surface area contributed by atoms with Crippen molar-refractivity contribution in [1.29, 1.82) is 0 Å². The largest absolute Gasteiger partial charge is 0.378 e. The van der Waals surface area contributed by atoms with Gasteiger partial charge >= 0.3 is 0 Å². The molecular weight excluding hydrogens is 354 g/mol. The van der Waals surface area contributed by atoms with Crippen LogP contribution >= 0.6 is 0 Å². The molecule has 7 nitrogen and oxygen atoms in total. The van der Waals surface area contributed by atoms with Crippen molar-refractivity contribution in [3.05, 3.63) is 71.0 Å². The zero-order chi connectivity index (χ0) is 18.9. The molecule has 1 aliphatic rings. The Labute approximate surface area is 161 Å². The molecule has 1 aliphatic heterocycles. The number of nitrogens with one attached hydrogen (secondary N) is 1. The van der Waals surface area contributed by atoms with Gasteiger partial charge in [-0.1, -0.05) is 29.5 Å². The summed E-state index contributed by atoms with van der Waals surface area (Å²) in [4.78, 5) is 18.3. The quantitative estimate of drug-likeness (QED) is 0.597. The van der Waals surface area contributed by atoms with Gasteiger partial charge in [-0.3, -0.25) is 4.79 Å². The average Bonchev–Trinajstić information content (AvgIpc) is 3.25. The highest BCUT2D eigenvalue weighted by molar-refractivity contribution is 5.85. The summed E-state index contributed by atoms with van der Waals surface area (Å²) >= 11 is 0. The van der Waals surface area contributed by atoms with Crippen LogP contribution in [0.4, 0.5) is 5.82 Å². The van der Waals surface area contributed by atoms with E-state index >= 15 is 0 Å². The molecule has 0 aliphatic carbocycles. The second kappa shape index (κ2) is 6.94. The summed E-state index contributed by atoms with van der Waals surface area (Å²) in [5.41, 5.74) is 3.33. The van der Waals surface area contributed by atoms with Crippen LogP contribution in [-0.2, 0) is 4.74 Å². The summed E-state index contributed by atoms with van der Waals surface area (Å²) in [6, 6.07) is 17.2. The van der Waals surface area contributed by atoms with Gasteiger partial charge < -0.3 is 14.6 Å². The molecule has 3 heterocycles. The van der Waals surface area contributed by atoms with E-state index in [9.17, 15) is 4.79 Å². The van der Waals surface area contributed by atoms with E-state index in [-0.39, 0.29) is 5.43 Å². The molecule has 0 unspecified atom stereocenters. The van der Waals surface area contributed by atoms with Gasteiger partial charge in [0.25, 0.3) is 0 Å². The molecule has 0 radical (unpaired) electrons. The van der Waals surface area contributed by atoms with Crippen molar-refractivity contribution in [3.8, 4) is 16.9 Å². The summed E-state index contributed by atoms with van der Waals surface area (Å²) in [5.74, 6) is 0.837. The molecule has 0 atom stereocenters. The maximum Gasteiger partial charge on any atom is 0.191 e. The van der Waals surface area contributed by atoms with Gasteiger partial charge in [-0.05, 0) is 24.3 Å². The minimum Gasteiger partial charge on any atom is -0.378 e. The molecule has 0 bridgehead atoms. The minimum atomic E-state index is -0.00690. The van der Waals surface area contributed by atoms with E-state index in [0.29, 0.717) is 18.6 Å². The van der Waals surface area contributed by atoms with E-state index in [1.165, 1.54) is 0 Å². The summed E-state index contributed by atoms with van der Waals surface area (Å²) in [6.45, 7) is 2.91. The van der Waals surface area contributed by atoms with Crippen LogP contribution in [0.15, 0.2) is 65.6 Å². The van der Waals surface area contributed by atoms with E-state index in [1.54, 1.807) is 10.7 Å². The smallest absolute Gasteiger partial charge is 0.191 e. The SMILES string of the molecule is O=c1cc(N2CCOCC2)[nH]c2ccc(-c3cn(-c4ccccc4)nn3)cc12. The number of aromatic amines is 1. The molecule has 0 spiro atoms. The number of hydrogen-bond acceptors (Lipinski definition) is 5. The number of H-pyrrole nitrogens is 1. The number of para-hydroxylation sites is 1. The molecule has 0 saturated carbocycles. The van der Waals surface area contributed by atoms with Crippen molar-refractivity contribution < 1.29 is 4.74 Å². The van der Waals surface area contributed by atoms with Crippen molar-refractivity contribution in [2.75, 3.05) is 31.2 Å². The fourth-order valence-corrected chi connectivity index (χ4v) is 3.47. The molecule has 28 heavy (non-hydrogen) atoms. The fraction of sp³-hybridized carbons (Fsp3) is 0.190. The van der Waals surface area contributed by atoms with E-state index < -0.39 is 0 Å². The number of pyridine rings is 1. The zero-order valence-electron chi connectivity index (χ0n) is 15.2. The molecule has 1 saturated heterocycles. The molecule has 2 aromatic carbocycles. The summed E-state index contributed by atoms with van der Waals surface area (Å²) in [7, 11) is 0. The highest BCUT2D eigenvalue weighted by Gasteiger charge is 2.14. The van der Waals surface area contributed by atoms with Crippen molar-refractivity contribution in [3.63, 3.8) is 0 Å². The van der Waals surface area contributed by atoms with E-state index in [0.717, 1.165) is 41.4 Å². The predicted molar refractivity (Wildman–Crippen MR) is 108 cm³/mol. The minimum absolute atomic E-state index is 0.00690. The van der Waals surface area contributed by atoms with Crippen LogP contribution in [0.1, 0.15) is 0 Å². The van der Waals surface area contributed by atoms with Crippen LogP contribution in [0.5, 0.6) is 0 Å². The van der Waals surface area contributed by atoms with Crippen LogP contribution in [0.25, 0.3) is 27.8 Å². The number of nitrogens with zero attached hydrogens (tertiary/aromatic N) is 4. The third-order valence-corrected chi connectivity index (χ3v) is 4.98. The Hall–Kier alpha value is -3.45. The number of ether oxygens (including phenoxy) is 1. The summed E-state index contributed by atoms with van der Waals surface area (Å²) in [6.07, 6.45) is 1.87. The Morgan fingerprint density at radius 3 is 2.64 bits per heavy atom. The molecule has 5 rings (SSSR count). The zero-order valence-corrected chi connectivity index (χ0v) is 15.2. The molecule has 7 heteroatoms. The lowest BCUT2D eigenvalue weighted by Gasteiger charge is -2.28. The van der Waals surface area contributed by atoms with Gasteiger partial charge in [-0.2, -0.15) is 0 Å². The lowest BCUT2D eigenvalue weighted by atomic mass is 10.1. The van der Waals surface area contributed by atoms with E-state index in [4.69, 9.17) is 4.74 Å². The summed E-state index contributed by atoms with van der Waals surface area (Å²) < 4.78 is 7.12. The van der Waals surface area contributed by atoms with Gasteiger partial charge in [-0.15, -0.1) is 5.10 Å². The van der Waals surface area contributed by atoms with Gasteiger partial charge in [0.05, 0.1) is 30.6 Å². The number of fused-ring (bicyclic) bond motifs is 1. The van der Waals surface area contributed by atoms with Gasteiger partial charge in [0.15, 0.2) is 5.43 Å². The first-order chi connectivity index (χ1) is 13.8. The number of benzene rings is 2. The highest BCUT2D eigenvalue weighted by atomic mass is 16.5. The molecule has 2 aromatic heterocycles. The second-order valence-electron chi connectivity index (χ2n) is 6.76. The van der Waals surface area contributed by atoms with Crippen LogP contribution < -0.4 is 10.3 Å². The number of anilines is 1. The van der Waals surface area contributed by atoms with Gasteiger partial charge in [0.1, 0.15) is 11.5 Å². The Morgan fingerprint density at radius 1 is 1.00 bits per heavy atom. The number of morpholine rings is 1. The van der Waals surface area contributed by atoms with Crippen LogP contribution in [0, 0.1) is 0 Å². The Bertz CT molecular complexity index is 1180. The van der Waals surface area contributed by atoms with Crippen molar-refractivity contribution in [1.82, 2.24) is 20.0 Å². The van der Waals surface area contributed by atoms with Gasteiger partial charge in [0.2, 0.25) is 0 Å². The highest BCUT2D eigenvalue weighted by Crippen LogP contribution is 2.23. The topological polar surface area (TPSA) is 76.0 Å². The Morgan fingerprint density at radius 2 is 1.82 bits per heavy atom. The number of rotatable bonds is 3. The Balaban J connectivity index is 1.51. The first-order valence-electron chi connectivity index (χ1n) is 9.26. The van der Waals surface area contributed by atoms with Crippen molar-refractivity contribution in [2.24, 2.45) is 0 Å². The molecule has 1 N–H and O–H groups in total. The standard InChI is InChI=1S/C21H19N5O2/c27-20-13-21(25-8-10-28-11-9-25)22-18-7-6-15(12-17(18)20)19-14-26(24-23-19)16-4-2-1-3-5-16/h1-7,12-14H,8-11H2,(H,22,27). The second-order valence-corrected chi connectivity index (χ2v) is 6.76. The van der Waals surface area contributed by atoms with Crippen LogP contribution in [0.3, 0.4) is 0 Å². The third-order valence-electron chi connectivity index (χ3n) is 4.98. The van der Waals surface area contributed by atoms with Crippen molar-refractivity contribution >= 4 is 16.7 Å². The number of hydrogen-bond donors (Lipinski definition) is 1. The van der Waals surface area contributed by atoms with Crippen LogP contribution in [0.2, 0.25) is 0 Å². The van der Waals surface area contributed by atoms with Crippen molar-refractivity contribution in [2.45, 2.75) is 0 Å².